The molecule has 0 aliphatic carbocycles. The van der Waals surface area contributed by atoms with E-state index in [2.05, 4.69) is 4.98 Å². The lowest BCUT2D eigenvalue weighted by atomic mass is 10.0. The van der Waals surface area contributed by atoms with Gasteiger partial charge in [0.25, 0.3) is 0 Å². The van der Waals surface area contributed by atoms with Crippen LogP contribution in [0.4, 0.5) is 0 Å². The van der Waals surface area contributed by atoms with Gasteiger partial charge >= 0.3 is 0 Å². The minimum absolute atomic E-state index is 0.410. The van der Waals surface area contributed by atoms with Crippen LogP contribution < -0.4 is 5.73 Å². The van der Waals surface area contributed by atoms with Gasteiger partial charge in [-0.3, -0.25) is 4.79 Å². The maximum Gasteiger partial charge on any atom is 0.249 e. The molecule has 0 spiro atoms. The number of fused-ring (bicyclic) bond motifs is 3. The quantitative estimate of drug-likeness (QED) is 0.754. The van der Waals surface area contributed by atoms with E-state index in [0.29, 0.717) is 12.2 Å². The molecule has 1 heterocycles. The molecule has 0 aliphatic heterocycles. The molecule has 1 aromatic heterocycles. The smallest absolute Gasteiger partial charge is 0.249 e. The number of rotatable bonds is 3. The zero-order chi connectivity index (χ0) is 13.4. The molecule has 4 heteroatoms. The fourth-order valence-corrected chi connectivity index (χ4v) is 2.47. The summed E-state index contributed by atoms with van der Waals surface area (Å²) < 4.78 is 5.12. The second-order valence-corrected chi connectivity index (χ2v) is 4.53. The van der Waals surface area contributed by atoms with E-state index in [1.807, 2.05) is 30.3 Å². The second kappa shape index (κ2) is 4.40. The molecule has 4 nitrogen and oxygen atoms in total. The molecule has 1 amide bonds. The van der Waals surface area contributed by atoms with Crippen molar-refractivity contribution in [3.63, 3.8) is 0 Å². The molecule has 3 rings (SSSR count). The Bertz CT molecular complexity index is 774. The van der Waals surface area contributed by atoms with Crippen molar-refractivity contribution in [2.24, 2.45) is 5.73 Å². The number of aromatic nitrogens is 1. The van der Waals surface area contributed by atoms with Gasteiger partial charge < -0.3 is 15.5 Å². The summed E-state index contributed by atoms with van der Waals surface area (Å²) in [5.41, 5.74) is 8.97. The highest BCUT2D eigenvalue weighted by Crippen LogP contribution is 2.29. The lowest BCUT2D eigenvalue weighted by Crippen LogP contribution is -2.10. The van der Waals surface area contributed by atoms with Crippen LogP contribution in [0, 0.1) is 0 Å². The van der Waals surface area contributed by atoms with E-state index >= 15 is 0 Å². The molecule has 0 atom stereocenters. The summed E-state index contributed by atoms with van der Waals surface area (Å²) in [6.45, 7) is 0.563. The summed E-state index contributed by atoms with van der Waals surface area (Å²) >= 11 is 0. The van der Waals surface area contributed by atoms with Crippen LogP contribution in [0.5, 0.6) is 0 Å². The lowest BCUT2D eigenvalue weighted by molar-refractivity contribution is 0.100. The van der Waals surface area contributed by atoms with Crippen molar-refractivity contribution in [3.05, 3.63) is 47.5 Å². The molecule has 0 saturated heterocycles. The molecule has 3 aromatic rings. The van der Waals surface area contributed by atoms with E-state index in [1.54, 1.807) is 13.2 Å². The predicted octanol–water partition coefficient (Wildman–Crippen LogP) is 2.57. The number of methoxy groups -OCH3 is 1. The van der Waals surface area contributed by atoms with Crippen molar-refractivity contribution in [1.29, 1.82) is 0 Å². The number of carbonyl (C=O) groups excluding carboxylic acids is 1. The standard InChI is InChI=1S/C15H14N2O2/c1-19-8-9-5-6-10-13(7-9)17-12-4-2-3-11(14(10)12)15(16)18/h2-7,17H,8H2,1H3,(H2,16,18). The number of primary amides is 1. The molecule has 2 aromatic carbocycles. The van der Waals surface area contributed by atoms with E-state index in [4.69, 9.17) is 10.5 Å². The molecule has 96 valence electrons. The van der Waals surface area contributed by atoms with Gasteiger partial charge in [0.2, 0.25) is 5.91 Å². The second-order valence-electron chi connectivity index (χ2n) is 4.53. The Labute approximate surface area is 110 Å². The van der Waals surface area contributed by atoms with E-state index in [-0.39, 0.29) is 0 Å². The Hall–Kier alpha value is -2.33. The molecule has 0 fully saturated rings. The summed E-state index contributed by atoms with van der Waals surface area (Å²) in [6, 6.07) is 11.5. The normalized spacial score (nSPS) is 11.2. The number of hydrogen-bond acceptors (Lipinski definition) is 2. The van der Waals surface area contributed by atoms with Gasteiger partial charge in [-0.1, -0.05) is 18.2 Å². The third-order valence-corrected chi connectivity index (χ3v) is 3.26. The van der Waals surface area contributed by atoms with Crippen molar-refractivity contribution >= 4 is 27.7 Å². The fourth-order valence-electron chi connectivity index (χ4n) is 2.47. The Morgan fingerprint density at radius 3 is 2.84 bits per heavy atom. The first-order valence-corrected chi connectivity index (χ1v) is 6.03. The Morgan fingerprint density at radius 2 is 2.11 bits per heavy atom. The van der Waals surface area contributed by atoms with Gasteiger partial charge in [0.05, 0.1) is 6.61 Å². The molecule has 0 bridgehead atoms. The summed E-state index contributed by atoms with van der Waals surface area (Å²) in [4.78, 5) is 14.8. The Kier molecular flexibility index (Phi) is 2.72. The number of ether oxygens (including phenoxy) is 1. The highest BCUT2D eigenvalue weighted by atomic mass is 16.5. The maximum absolute atomic E-state index is 11.5. The molecule has 3 N–H and O–H groups in total. The third kappa shape index (κ3) is 1.86. The van der Waals surface area contributed by atoms with Crippen molar-refractivity contribution in [1.82, 2.24) is 4.98 Å². The lowest BCUT2D eigenvalue weighted by Gasteiger charge is -2.00. The van der Waals surface area contributed by atoms with Gasteiger partial charge in [-0.2, -0.15) is 0 Å². The molecular weight excluding hydrogens is 240 g/mol. The van der Waals surface area contributed by atoms with Gasteiger partial charge in [0.15, 0.2) is 0 Å². The summed E-state index contributed by atoms with van der Waals surface area (Å²) in [5.74, 6) is -0.410. The van der Waals surface area contributed by atoms with Crippen molar-refractivity contribution < 1.29 is 9.53 Å². The van der Waals surface area contributed by atoms with Crippen LogP contribution in [-0.4, -0.2) is 18.0 Å². The predicted molar refractivity (Wildman–Crippen MR) is 75.0 cm³/mol. The van der Waals surface area contributed by atoms with Gasteiger partial charge in [0, 0.05) is 34.5 Å². The first-order chi connectivity index (χ1) is 9.20. The van der Waals surface area contributed by atoms with Gasteiger partial charge in [-0.05, 0) is 23.8 Å². The van der Waals surface area contributed by atoms with Crippen LogP contribution >= 0.6 is 0 Å². The average molecular weight is 254 g/mol. The summed E-state index contributed by atoms with van der Waals surface area (Å²) in [7, 11) is 1.67. The summed E-state index contributed by atoms with van der Waals surface area (Å²) in [5, 5.41) is 1.89. The number of nitrogens with two attached hydrogens (primary N) is 1. The van der Waals surface area contributed by atoms with Crippen molar-refractivity contribution in [2.45, 2.75) is 6.61 Å². The monoisotopic (exact) mass is 254 g/mol. The molecular formula is C15H14N2O2. The number of amides is 1. The minimum atomic E-state index is -0.410. The van der Waals surface area contributed by atoms with Crippen LogP contribution in [0.3, 0.4) is 0 Å². The number of carbonyl (C=O) groups is 1. The molecule has 0 radical (unpaired) electrons. The van der Waals surface area contributed by atoms with Crippen LogP contribution in [0.2, 0.25) is 0 Å². The van der Waals surface area contributed by atoms with E-state index in [0.717, 1.165) is 27.4 Å². The highest BCUT2D eigenvalue weighted by Gasteiger charge is 2.12. The van der Waals surface area contributed by atoms with Gasteiger partial charge in [-0.25, -0.2) is 0 Å². The zero-order valence-electron chi connectivity index (χ0n) is 10.6. The largest absolute Gasteiger partial charge is 0.380 e. The molecule has 0 unspecified atom stereocenters. The Morgan fingerprint density at radius 1 is 1.26 bits per heavy atom. The minimum Gasteiger partial charge on any atom is -0.380 e. The number of benzene rings is 2. The number of aromatic amines is 1. The van der Waals surface area contributed by atoms with Crippen molar-refractivity contribution in [2.75, 3.05) is 7.11 Å². The Balaban J connectivity index is 2.33. The topological polar surface area (TPSA) is 68.1 Å². The summed E-state index contributed by atoms with van der Waals surface area (Å²) in [6.07, 6.45) is 0. The van der Waals surface area contributed by atoms with E-state index in [9.17, 15) is 4.79 Å². The van der Waals surface area contributed by atoms with Crippen LogP contribution in [0.25, 0.3) is 21.8 Å². The van der Waals surface area contributed by atoms with Crippen LogP contribution in [0.15, 0.2) is 36.4 Å². The fraction of sp³-hybridized carbons (Fsp3) is 0.133. The highest BCUT2D eigenvalue weighted by molar-refractivity contribution is 6.17. The first kappa shape index (κ1) is 11.7. The number of nitrogens with one attached hydrogen (secondary N) is 1. The molecule has 19 heavy (non-hydrogen) atoms. The van der Waals surface area contributed by atoms with E-state index < -0.39 is 5.91 Å². The van der Waals surface area contributed by atoms with Gasteiger partial charge in [0.1, 0.15) is 0 Å². The number of hydrogen-bond donors (Lipinski definition) is 2. The molecule has 0 saturated carbocycles. The van der Waals surface area contributed by atoms with Crippen molar-refractivity contribution in [3.8, 4) is 0 Å². The van der Waals surface area contributed by atoms with E-state index in [1.165, 1.54) is 0 Å². The SMILES string of the molecule is COCc1ccc2c(c1)[nH]c1cccc(C(N)=O)c12. The van der Waals surface area contributed by atoms with Crippen LogP contribution in [0.1, 0.15) is 15.9 Å². The first-order valence-electron chi connectivity index (χ1n) is 6.03. The van der Waals surface area contributed by atoms with Gasteiger partial charge in [-0.15, -0.1) is 0 Å². The third-order valence-electron chi connectivity index (χ3n) is 3.26. The number of H-pyrrole nitrogens is 1. The zero-order valence-corrected chi connectivity index (χ0v) is 10.6. The average Bonchev–Trinajstić information content (AvgIpc) is 2.76. The molecule has 0 aliphatic rings. The van der Waals surface area contributed by atoms with Crippen LogP contribution in [-0.2, 0) is 11.3 Å². The maximum atomic E-state index is 11.5.